The van der Waals surface area contributed by atoms with E-state index in [1.807, 2.05) is 13.0 Å². The van der Waals surface area contributed by atoms with E-state index in [9.17, 15) is 4.79 Å². The fourth-order valence-corrected chi connectivity index (χ4v) is 2.29. The number of rotatable bonds is 4. The van der Waals surface area contributed by atoms with Crippen LogP contribution in [0.3, 0.4) is 0 Å². The van der Waals surface area contributed by atoms with Crippen molar-refractivity contribution in [1.82, 2.24) is 15.0 Å². The Bertz CT molecular complexity index is 643. The SMILES string of the molecule is Cc1cc(Br)c(NC(=O)c2cn(CCN)nn2)cc1Cl. The van der Waals surface area contributed by atoms with Crippen molar-refractivity contribution in [3.63, 3.8) is 0 Å². The number of amides is 1. The molecule has 106 valence electrons. The zero-order chi connectivity index (χ0) is 14.7. The molecular formula is C12H13BrClN5O. The maximum Gasteiger partial charge on any atom is 0.277 e. The van der Waals surface area contributed by atoms with Crippen LogP contribution in [-0.2, 0) is 6.54 Å². The first-order chi connectivity index (χ1) is 9.51. The first-order valence-corrected chi connectivity index (χ1v) is 7.05. The lowest BCUT2D eigenvalue weighted by atomic mass is 10.2. The van der Waals surface area contributed by atoms with Gasteiger partial charge in [-0.15, -0.1) is 5.10 Å². The van der Waals surface area contributed by atoms with Gasteiger partial charge in [-0.05, 0) is 40.5 Å². The lowest BCUT2D eigenvalue weighted by molar-refractivity contribution is 0.102. The normalized spacial score (nSPS) is 10.6. The van der Waals surface area contributed by atoms with E-state index >= 15 is 0 Å². The highest BCUT2D eigenvalue weighted by Gasteiger charge is 2.13. The number of carbonyl (C=O) groups excluding carboxylic acids is 1. The lowest BCUT2D eigenvalue weighted by Gasteiger charge is -2.08. The second-order valence-corrected chi connectivity index (χ2v) is 5.45. The molecule has 0 fully saturated rings. The summed E-state index contributed by atoms with van der Waals surface area (Å²) in [4.78, 5) is 12.1. The quantitative estimate of drug-likeness (QED) is 0.877. The highest BCUT2D eigenvalue weighted by molar-refractivity contribution is 9.10. The third-order valence-corrected chi connectivity index (χ3v) is 3.69. The van der Waals surface area contributed by atoms with E-state index in [0.717, 1.165) is 10.0 Å². The van der Waals surface area contributed by atoms with Crippen molar-refractivity contribution in [2.24, 2.45) is 5.73 Å². The topological polar surface area (TPSA) is 85.8 Å². The van der Waals surface area contributed by atoms with Crippen LogP contribution in [0, 0.1) is 6.92 Å². The Morgan fingerprint density at radius 3 is 3.00 bits per heavy atom. The number of benzene rings is 1. The fraction of sp³-hybridized carbons (Fsp3) is 0.250. The Balaban J connectivity index is 2.16. The van der Waals surface area contributed by atoms with E-state index in [1.165, 1.54) is 4.68 Å². The number of aromatic nitrogens is 3. The third kappa shape index (κ3) is 3.36. The summed E-state index contributed by atoms with van der Waals surface area (Å²) < 4.78 is 2.27. The standard InChI is InChI=1S/C12H13BrClN5O/c1-7-4-8(13)10(5-9(7)14)16-12(20)11-6-19(3-2-15)18-17-11/h4-6H,2-3,15H2,1H3,(H,16,20). The van der Waals surface area contributed by atoms with Crippen molar-refractivity contribution in [2.45, 2.75) is 13.5 Å². The zero-order valence-electron chi connectivity index (χ0n) is 10.7. The van der Waals surface area contributed by atoms with E-state index in [4.69, 9.17) is 17.3 Å². The van der Waals surface area contributed by atoms with E-state index in [-0.39, 0.29) is 11.6 Å². The van der Waals surface area contributed by atoms with Crippen molar-refractivity contribution in [1.29, 1.82) is 0 Å². The average Bonchev–Trinajstić information content (AvgIpc) is 2.85. The number of aryl methyl sites for hydroxylation is 1. The molecule has 20 heavy (non-hydrogen) atoms. The number of hydrogen-bond acceptors (Lipinski definition) is 4. The van der Waals surface area contributed by atoms with Gasteiger partial charge in [0.05, 0.1) is 18.4 Å². The fourth-order valence-electron chi connectivity index (χ4n) is 1.57. The summed E-state index contributed by atoms with van der Waals surface area (Å²) in [6.45, 7) is 2.83. The van der Waals surface area contributed by atoms with Crippen molar-refractivity contribution in [3.05, 3.63) is 39.1 Å². The Morgan fingerprint density at radius 2 is 2.30 bits per heavy atom. The maximum atomic E-state index is 12.1. The number of nitrogens with zero attached hydrogens (tertiary/aromatic N) is 3. The Morgan fingerprint density at radius 1 is 1.55 bits per heavy atom. The highest BCUT2D eigenvalue weighted by Crippen LogP contribution is 2.29. The minimum Gasteiger partial charge on any atom is -0.329 e. The second-order valence-electron chi connectivity index (χ2n) is 4.19. The van der Waals surface area contributed by atoms with Gasteiger partial charge in [0.2, 0.25) is 0 Å². The molecule has 2 rings (SSSR count). The van der Waals surface area contributed by atoms with Crippen molar-refractivity contribution in [2.75, 3.05) is 11.9 Å². The zero-order valence-corrected chi connectivity index (χ0v) is 13.1. The van der Waals surface area contributed by atoms with E-state index in [1.54, 1.807) is 12.3 Å². The molecule has 1 aromatic carbocycles. The third-order valence-electron chi connectivity index (χ3n) is 2.63. The molecule has 8 heteroatoms. The molecule has 1 amide bonds. The smallest absolute Gasteiger partial charge is 0.277 e. The summed E-state index contributed by atoms with van der Waals surface area (Å²) in [5, 5.41) is 10.9. The van der Waals surface area contributed by atoms with E-state index < -0.39 is 0 Å². The van der Waals surface area contributed by atoms with Crippen LogP contribution < -0.4 is 11.1 Å². The van der Waals surface area contributed by atoms with Crippen molar-refractivity contribution in [3.8, 4) is 0 Å². The van der Waals surface area contributed by atoms with Gasteiger partial charge in [-0.3, -0.25) is 9.48 Å². The van der Waals surface area contributed by atoms with E-state index in [2.05, 4.69) is 31.6 Å². The van der Waals surface area contributed by atoms with Crippen LogP contribution in [-0.4, -0.2) is 27.4 Å². The number of nitrogens with two attached hydrogens (primary N) is 1. The molecule has 0 unspecified atom stereocenters. The van der Waals surface area contributed by atoms with Gasteiger partial charge >= 0.3 is 0 Å². The molecule has 0 aliphatic heterocycles. The molecule has 0 aliphatic carbocycles. The number of halogens is 2. The largest absolute Gasteiger partial charge is 0.329 e. The maximum absolute atomic E-state index is 12.1. The molecule has 1 aromatic heterocycles. The van der Waals surface area contributed by atoms with Crippen molar-refractivity contribution >= 4 is 39.1 Å². The van der Waals surface area contributed by atoms with Gasteiger partial charge in [-0.1, -0.05) is 16.8 Å². The Kier molecular flexibility index (Phi) is 4.74. The van der Waals surface area contributed by atoms with Crippen LogP contribution in [0.15, 0.2) is 22.8 Å². The monoisotopic (exact) mass is 357 g/mol. The van der Waals surface area contributed by atoms with Crippen LogP contribution in [0.4, 0.5) is 5.69 Å². The molecule has 0 saturated heterocycles. The molecule has 0 saturated carbocycles. The van der Waals surface area contributed by atoms with Crippen LogP contribution in [0.25, 0.3) is 0 Å². The Labute approximate surface area is 129 Å². The number of carbonyl (C=O) groups is 1. The first kappa shape index (κ1) is 15.0. The number of hydrogen-bond donors (Lipinski definition) is 2. The molecule has 6 nitrogen and oxygen atoms in total. The molecule has 0 radical (unpaired) electrons. The van der Waals surface area contributed by atoms with Crippen LogP contribution in [0.2, 0.25) is 5.02 Å². The van der Waals surface area contributed by atoms with Gasteiger partial charge in [-0.25, -0.2) is 0 Å². The van der Waals surface area contributed by atoms with Gasteiger partial charge < -0.3 is 11.1 Å². The van der Waals surface area contributed by atoms with Gasteiger partial charge in [0.15, 0.2) is 5.69 Å². The average molecular weight is 359 g/mol. The van der Waals surface area contributed by atoms with Crippen LogP contribution in [0.1, 0.15) is 16.1 Å². The summed E-state index contributed by atoms with van der Waals surface area (Å²) in [6.07, 6.45) is 1.55. The summed E-state index contributed by atoms with van der Waals surface area (Å²) in [6, 6.07) is 3.52. The minimum atomic E-state index is -0.353. The van der Waals surface area contributed by atoms with Gasteiger partial charge in [0, 0.05) is 16.0 Å². The van der Waals surface area contributed by atoms with Crippen LogP contribution >= 0.6 is 27.5 Å². The molecule has 3 N–H and O–H groups in total. The molecule has 0 bridgehead atoms. The predicted molar refractivity (Wildman–Crippen MR) is 80.9 cm³/mol. The molecule has 2 aromatic rings. The number of anilines is 1. The lowest BCUT2D eigenvalue weighted by Crippen LogP contribution is -2.13. The van der Waals surface area contributed by atoms with Crippen LogP contribution in [0.5, 0.6) is 0 Å². The second kappa shape index (κ2) is 6.34. The van der Waals surface area contributed by atoms with E-state index in [0.29, 0.717) is 23.8 Å². The molecule has 0 aliphatic rings. The molecule has 0 atom stereocenters. The summed E-state index contributed by atoms with van der Waals surface area (Å²) in [5.74, 6) is -0.353. The summed E-state index contributed by atoms with van der Waals surface area (Å²) >= 11 is 9.42. The van der Waals surface area contributed by atoms with Gasteiger partial charge in [-0.2, -0.15) is 0 Å². The molecule has 0 spiro atoms. The van der Waals surface area contributed by atoms with Gasteiger partial charge in [0.25, 0.3) is 5.91 Å². The minimum absolute atomic E-state index is 0.224. The Hall–Kier alpha value is -1.44. The predicted octanol–water partition coefficient (Wildman–Crippen LogP) is 2.21. The molecule has 1 heterocycles. The first-order valence-electron chi connectivity index (χ1n) is 5.88. The summed E-state index contributed by atoms with van der Waals surface area (Å²) in [7, 11) is 0. The highest BCUT2D eigenvalue weighted by atomic mass is 79.9. The number of nitrogens with one attached hydrogen (secondary N) is 1. The van der Waals surface area contributed by atoms with Crippen molar-refractivity contribution < 1.29 is 4.79 Å². The van der Waals surface area contributed by atoms with Gasteiger partial charge in [0.1, 0.15) is 0 Å². The summed E-state index contributed by atoms with van der Waals surface area (Å²) in [5.41, 5.74) is 7.14. The molecular weight excluding hydrogens is 346 g/mol.